The van der Waals surface area contributed by atoms with Crippen molar-refractivity contribution in [2.45, 2.75) is 79.1 Å². The molecule has 0 nitrogen and oxygen atoms in total. The summed E-state index contributed by atoms with van der Waals surface area (Å²) in [6, 6.07) is 34.7. The number of aryl methyl sites for hydroxylation is 1. The Morgan fingerprint density at radius 1 is 0.791 bits per heavy atom. The van der Waals surface area contributed by atoms with Crippen molar-refractivity contribution in [1.29, 1.82) is 0 Å². The van der Waals surface area contributed by atoms with Crippen LogP contribution in [0.25, 0.3) is 33.0 Å². The third-order valence-corrected chi connectivity index (χ3v) is 9.34. The molecule has 0 unspecified atom stereocenters. The van der Waals surface area contributed by atoms with Crippen molar-refractivity contribution < 1.29 is 20.8 Å². The molecule has 0 aromatic heterocycles. The topological polar surface area (TPSA) is 0 Å². The molecular weight excluding hydrogens is 659 g/mol. The Labute approximate surface area is 281 Å². The van der Waals surface area contributed by atoms with Gasteiger partial charge in [-0.3, -0.25) is 0 Å². The standard InChI is InChI=1S/C27H35.C12H7Si.2ClH.Zr/c1-17(2)23-11-10-19-12-18(3)13-24(19)25(23)20-14-21(26(4,5)6)16-22(15-20)27(7,8)9;1-3-7-11-9(5-1)10-6-2-4-8-12(10)13-11;;;/h10-17H,1-9H3;1-7H;2*1H;/q2*-1;;;+4/p-2. The summed E-state index contributed by atoms with van der Waals surface area (Å²) < 4.78 is 0. The van der Waals surface area contributed by atoms with Crippen molar-refractivity contribution in [3.8, 4) is 22.3 Å². The molecular formula is C39H42Cl2SiZr. The van der Waals surface area contributed by atoms with Crippen molar-refractivity contribution >= 4 is 47.7 Å². The molecule has 0 N–H and O–H groups in total. The molecule has 0 aliphatic carbocycles. The number of hydrogen-bond donors (Lipinski definition) is 0. The number of fused-ring (bicyclic) bond motifs is 4. The molecule has 220 valence electrons. The van der Waals surface area contributed by atoms with E-state index in [9.17, 15) is 0 Å². The summed E-state index contributed by atoms with van der Waals surface area (Å²) in [6.07, 6.45) is 0. The number of rotatable bonds is 2. The van der Waals surface area contributed by atoms with Gasteiger partial charge in [0.25, 0.3) is 0 Å². The van der Waals surface area contributed by atoms with Crippen molar-refractivity contribution in [3.63, 3.8) is 0 Å². The molecule has 0 fully saturated rings. The Balaban J connectivity index is 0.000000217. The van der Waals surface area contributed by atoms with E-state index in [2.05, 4.69) is 147 Å². The van der Waals surface area contributed by atoms with E-state index >= 15 is 0 Å². The summed E-state index contributed by atoms with van der Waals surface area (Å²) in [7, 11) is 10.7. The minimum atomic E-state index is -0.826. The largest absolute Gasteiger partial charge is 0.184 e. The second-order valence-electron chi connectivity index (χ2n) is 13.7. The predicted molar refractivity (Wildman–Crippen MR) is 189 cm³/mol. The molecule has 0 spiro atoms. The van der Waals surface area contributed by atoms with E-state index in [1.54, 1.807) is 0 Å². The van der Waals surface area contributed by atoms with Gasteiger partial charge in [-0.25, -0.2) is 0 Å². The third kappa shape index (κ3) is 8.07. The monoisotopic (exact) mass is 698 g/mol. The van der Waals surface area contributed by atoms with Gasteiger partial charge in [0.1, 0.15) is 0 Å². The minimum absolute atomic E-state index is 0.129. The summed E-state index contributed by atoms with van der Waals surface area (Å²) >= 11 is -0.826. The molecule has 2 radical (unpaired) electrons. The second-order valence-corrected chi connectivity index (χ2v) is 18.7. The van der Waals surface area contributed by atoms with Gasteiger partial charge in [0.15, 0.2) is 0 Å². The molecule has 0 bridgehead atoms. The molecule has 43 heavy (non-hydrogen) atoms. The van der Waals surface area contributed by atoms with Crippen molar-refractivity contribution in [2.24, 2.45) is 0 Å². The number of halogens is 2. The van der Waals surface area contributed by atoms with Crippen LogP contribution in [0.1, 0.15) is 83.6 Å². The molecule has 0 atom stereocenters. The fourth-order valence-electron chi connectivity index (χ4n) is 5.62. The first-order valence-corrected chi connectivity index (χ1v) is 22.3. The first-order valence-electron chi connectivity index (χ1n) is 14.9. The van der Waals surface area contributed by atoms with Crippen LogP contribution in [0.5, 0.6) is 0 Å². The van der Waals surface area contributed by atoms with Gasteiger partial charge in [0.05, 0.1) is 9.52 Å². The minimum Gasteiger partial charge on any atom is -0.184 e. The van der Waals surface area contributed by atoms with E-state index in [0.29, 0.717) is 5.92 Å². The first kappa shape index (κ1) is 34.1. The van der Waals surface area contributed by atoms with Gasteiger partial charge in [-0.05, 0) is 33.4 Å². The zero-order valence-electron chi connectivity index (χ0n) is 26.9. The van der Waals surface area contributed by atoms with Crippen LogP contribution >= 0.6 is 17.0 Å². The molecule has 0 saturated heterocycles. The molecule has 1 aliphatic rings. The van der Waals surface area contributed by atoms with E-state index < -0.39 is 20.8 Å². The maximum atomic E-state index is 4.93. The average molecular weight is 701 g/mol. The van der Waals surface area contributed by atoms with Crippen LogP contribution in [-0.2, 0) is 31.7 Å². The Hall–Kier alpha value is -1.83. The number of benzene rings is 4. The van der Waals surface area contributed by atoms with Crippen LogP contribution < -0.4 is 10.4 Å². The fraction of sp³-hybridized carbons (Fsp3) is 0.308. The summed E-state index contributed by atoms with van der Waals surface area (Å²) in [5.74, 6) is 0.496. The van der Waals surface area contributed by atoms with E-state index in [-0.39, 0.29) is 10.8 Å². The van der Waals surface area contributed by atoms with E-state index in [1.165, 1.54) is 65.7 Å². The molecule has 4 heteroatoms. The smallest absolute Gasteiger partial charge is 0.0920 e. The summed E-state index contributed by atoms with van der Waals surface area (Å²) in [5.41, 5.74) is 11.4. The van der Waals surface area contributed by atoms with Gasteiger partial charge in [0, 0.05) is 0 Å². The van der Waals surface area contributed by atoms with Gasteiger partial charge in [-0.1, -0.05) is 127 Å². The maximum absolute atomic E-state index is 4.93. The van der Waals surface area contributed by atoms with Crippen LogP contribution in [0.15, 0.2) is 84.9 Å². The van der Waals surface area contributed by atoms with Gasteiger partial charge in [0.2, 0.25) is 0 Å². The normalized spacial score (nSPS) is 12.1. The summed E-state index contributed by atoms with van der Waals surface area (Å²) in [4.78, 5) is 0. The van der Waals surface area contributed by atoms with Gasteiger partial charge in [-0.15, -0.1) is 40.1 Å². The van der Waals surface area contributed by atoms with Gasteiger partial charge >= 0.3 is 37.9 Å². The first-order chi connectivity index (χ1) is 20.2. The van der Waals surface area contributed by atoms with Crippen molar-refractivity contribution in [1.82, 2.24) is 0 Å². The zero-order chi connectivity index (χ0) is 31.5. The third-order valence-electron chi connectivity index (χ3n) is 7.98. The molecule has 1 aliphatic heterocycles. The van der Waals surface area contributed by atoms with Gasteiger partial charge in [-0.2, -0.15) is 35.5 Å². The fourth-order valence-corrected chi connectivity index (χ4v) is 6.93. The van der Waals surface area contributed by atoms with Crippen LogP contribution in [0.3, 0.4) is 0 Å². The Bertz CT molecular complexity index is 1620. The van der Waals surface area contributed by atoms with Gasteiger partial charge < -0.3 is 0 Å². The second kappa shape index (κ2) is 14.1. The zero-order valence-corrected chi connectivity index (χ0v) is 31.9. The summed E-state index contributed by atoms with van der Waals surface area (Å²) in [6.45, 7) is 20.7. The molecule has 0 saturated carbocycles. The van der Waals surface area contributed by atoms with Crippen molar-refractivity contribution in [2.75, 3.05) is 0 Å². The Kier molecular flexibility index (Phi) is 11.1. The van der Waals surface area contributed by atoms with Crippen molar-refractivity contribution in [3.05, 3.63) is 113 Å². The quantitative estimate of drug-likeness (QED) is 0.125. The van der Waals surface area contributed by atoms with E-state index in [4.69, 9.17) is 17.0 Å². The van der Waals surface area contributed by atoms with Crippen LogP contribution in [0.2, 0.25) is 0 Å². The summed E-state index contributed by atoms with van der Waals surface area (Å²) in [5, 5.41) is 5.57. The van der Waals surface area contributed by atoms with Crippen LogP contribution in [0, 0.1) is 13.0 Å². The van der Waals surface area contributed by atoms with Crippen LogP contribution in [0.4, 0.5) is 0 Å². The molecule has 5 aromatic rings. The van der Waals surface area contributed by atoms with E-state index in [0.717, 1.165) is 9.52 Å². The Morgan fingerprint density at radius 3 is 2.00 bits per heavy atom. The van der Waals surface area contributed by atoms with E-state index in [1.807, 2.05) is 6.07 Å². The molecule has 6 rings (SSSR count). The maximum Gasteiger partial charge on any atom is 0.0920 e. The predicted octanol–water partition coefficient (Wildman–Crippen LogP) is 10.8. The molecule has 0 amide bonds. The molecule has 5 aromatic carbocycles. The SMILES string of the molecule is Cc1cc2c(-c3cc(C(C)(C)C)cc(C(C)(C)C)c3)c(C(C)C)ccc2[cH-]1.[Cl][Zr+2][Cl].[c-]1cccc2c1[Si]c1ccccc1-2. The Morgan fingerprint density at radius 2 is 1.40 bits per heavy atom. The molecule has 1 heterocycles. The average Bonchev–Trinajstić information content (AvgIpc) is 3.51. The van der Waals surface area contributed by atoms with Crippen LogP contribution in [-0.4, -0.2) is 9.52 Å². The number of hydrogen-bond acceptors (Lipinski definition) is 0.